The quantitative estimate of drug-likeness (QED) is 0.905. The molecule has 106 valence electrons. The lowest BCUT2D eigenvalue weighted by Gasteiger charge is -2.26. The van der Waals surface area contributed by atoms with Gasteiger partial charge in [0.15, 0.2) is 6.33 Å². The molecule has 1 aliphatic rings. The summed E-state index contributed by atoms with van der Waals surface area (Å²) in [5.41, 5.74) is 2.79. The number of hydrogen-bond acceptors (Lipinski definition) is 5. The van der Waals surface area contributed by atoms with Crippen LogP contribution in [0, 0.1) is 0 Å². The first-order valence-corrected chi connectivity index (χ1v) is 7.02. The third kappa shape index (κ3) is 2.82. The van der Waals surface area contributed by atoms with Gasteiger partial charge in [-0.3, -0.25) is 0 Å². The first-order chi connectivity index (χ1) is 9.86. The first-order valence-electron chi connectivity index (χ1n) is 7.02. The molecule has 1 N–H and O–H groups in total. The molecule has 0 bridgehead atoms. The second kappa shape index (κ2) is 6.05. The molecular formula is C15H19N3O2. The summed E-state index contributed by atoms with van der Waals surface area (Å²) in [6, 6.07) is 6.78. The van der Waals surface area contributed by atoms with E-state index in [-0.39, 0.29) is 0 Å². The van der Waals surface area contributed by atoms with E-state index in [0.717, 1.165) is 25.1 Å². The van der Waals surface area contributed by atoms with Gasteiger partial charge in [0.25, 0.3) is 0 Å². The lowest BCUT2D eigenvalue weighted by Crippen LogP contribution is -2.27. The minimum absolute atomic E-state index is 0.410. The molecule has 5 heteroatoms. The van der Waals surface area contributed by atoms with Gasteiger partial charge in [-0.1, -0.05) is 11.2 Å². The maximum absolute atomic E-state index is 5.30. The van der Waals surface area contributed by atoms with E-state index >= 15 is 0 Å². The molecule has 20 heavy (non-hydrogen) atoms. The van der Waals surface area contributed by atoms with Crippen LogP contribution in [0.3, 0.4) is 0 Å². The molecule has 3 rings (SSSR count). The zero-order valence-corrected chi connectivity index (χ0v) is 11.6. The molecule has 1 aliphatic carbocycles. The van der Waals surface area contributed by atoms with E-state index in [2.05, 4.69) is 27.6 Å². The van der Waals surface area contributed by atoms with Crippen LogP contribution in [0.2, 0.25) is 0 Å². The van der Waals surface area contributed by atoms with Crippen molar-refractivity contribution in [1.82, 2.24) is 15.5 Å². The van der Waals surface area contributed by atoms with Crippen LogP contribution in [0.15, 0.2) is 29.0 Å². The molecule has 2 aromatic rings. The number of hydrogen-bond donors (Lipinski definition) is 1. The zero-order valence-electron chi connectivity index (χ0n) is 11.6. The Morgan fingerprint density at radius 2 is 2.40 bits per heavy atom. The Morgan fingerprint density at radius 1 is 1.45 bits per heavy atom. The van der Waals surface area contributed by atoms with E-state index < -0.39 is 0 Å². The summed E-state index contributed by atoms with van der Waals surface area (Å²) in [5, 5.41) is 7.20. The Labute approximate surface area is 118 Å². The Morgan fingerprint density at radius 3 is 3.20 bits per heavy atom. The lowest BCUT2D eigenvalue weighted by atomic mass is 9.87. The summed E-state index contributed by atoms with van der Waals surface area (Å²) in [5.74, 6) is 1.62. The number of aryl methyl sites for hydroxylation is 1. The summed E-state index contributed by atoms with van der Waals surface area (Å²) >= 11 is 0. The van der Waals surface area contributed by atoms with Crippen LogP contribution < -0.4 is 10.1 Å². The number of aromatic nitrogens is 2. The molecule has 1 atom stereocenters. The number of fused-ring (bicyclic) bond motifs is 1. The lowest BCUT2D eigenvalue weighted by molar-refractivity contribution is 0.368. The van der Waals surface area contributed by atoms with Crippen LogP contribution in [0.5, 0.6) is 5.75 Å². The molecule has 5 nitrogen and oxygen atoms in total. The van der Waals surface area contributed by atoms with Gasteiger partial charge in [-0.25, -0.2) is 0 Å². The summed E-state index contributed by atoms with van der Waals surface area (Å²) in [4.78, 5) is 4.03. The number of benzene rings is 1. The Bertz CT molecular complexity index is 554. The molecule has 0 saturated carbocycles. The molecule has 0 amide bonds. The van der Waals surface area contributed by atoms with Gasteiger partial charge in [-0.15, -0.1) is 0 Å². The van der Waals surface area contributed by atoms with Gasteiger partial charge in [-0.2, -0.15) is 4.98 Å². The van der Waals surface area contributed by atoms with Gasteiger partial charge in [0.05, 0.1) is 7.11 Å². The molecule has 1 unspecified atom stereocenters. The fourth-order valence-corrected chi connectivity index (χ4v) is 2.79. The SMILES string of the molecule is COc1ccc2c(c1)CCCC2NCCc1ncno1. The van der Waals surface area contributed by atoms with E-state index in [1.807, 2.05) is 6.07 Å². The van der Waals surface area contributed by atoms with Gasteiger partial charge >= 0.3 is 0 Å². The Kier molecular flexibility index (Phi) is 3.97. The predicted octanol–water partition coefficient (Wildman–Crippen LogP) is 2.29. The number of nitrogens with zero attached hydrogens (tertiary/aromatic N) is 2. The molecule has 1 aromatic carbocycles. The van der Waals surface area contributed by atoms with Gasteiger partial charge in [0, 0.05) is 19.0 Å². The highest BCUT2D eigenvalue weighted by Gasteiger charge is 2.20. The van der Waals surface area contributed by atoms with Gasteiger partial charge in [0.1, 0.15) is 5.75 Å². The molecule has 0 spiro atoms. The van der Waals surface area contributed by atoms with Crippen LogP contribution in [0.1, 0.15) is 35.9 Å². The van der Waals surface area contributed by atoms with E-state index in [9.17, 15) is 0 Å². The molecule has 0 aliphatic heterocycles. The number of nitrogens with one attached hydrogen (secondary N) is 1. The van der Waals surface area contributed by atoms with Gasteiger partial charge in [0.2, 0.25) is 5.89 Å². The van der Waals surface area contributed by atoms with Crippen molar-refractivity contribution in [2.24, 2.45) is 0 Å². The van der Waals surface area contributed by atoms with Crippen LogP contribution in [-0.2, 0) is 12.8 Å². The number of rotatable bonds is 5. The fourth-order valence-electron chi connectivity index (χ4n) is 2.79. The first kappa shape index (κ1) is 13.1. The Balaban J connectivity index is 1.64. The average Bonchev–Trinajstić information content (AvgIpc) is 3.00. The number of methoxy groups -OCH3 is 1. The standard InChI is InChI=1S/C15H19N3O2/c1-19-12-5-6-13-11(9-12)3-2-4-14(13)16-8-7-15-17-10-18-20-15/h5-6,9-10,14,16H,2-4,7-8H2,1H3. The second-order valence-corrected chi connectivity index (χ2v) is 5.05. The molecule has 0 fully saturated rings. The maximum Gasteiger partial charge on any atom is 0.227 e. The highest BCUT2D eigenvalue weighted by atomic mass is 16.5. The minimum Gasteiger partial charge on any atom is -0.497 e. The van der Waals surface area contributed by atoms with Crippen LogP contribution in [0.4, 0.5) is 0 Å². The van der Waals surface area contributed by atoms with Crippen molar-refractivity contribution in [3.63, 3.8) is 0 Å². The van der Waals surface area contributed by atoms with Gasteiger partial charge < -0.3 is 14.6 Å². The third-order valence-electron chi connectivity index (χ3n) is 3.80. The largest absolute Gasteiger partial charge is 0.497 e. The molecule has 0 radical (unpaired) electrons. The van der Waals surface area contributed by atoms with Crippen molar-refractivity contribution in [3.8, 4) is 5.75 Å². The smallest absolute Gasteiger partial charge is 0.227 e. The summed E-state index contributed by atoms with van der Waals surface area (Å²) < 4.78 is 10.3. The topological polar surface area (TPSA) is 60.2 Å². The van der Waals surface area contributed by atoms with Crippen LogP contribution >= 0.6 is 0 Å². The van der Waals surface area contributed by atoms with Crippen molar-refractivity contribution in [2.45, 2.75) is 31.7 Å². The Hall–Kier alpha value is -1.88. The van der Waals surface area contributed by atoms with Crippen molar-refractivity contribution in [3.05, 3.63) is 41.5 Å². The summed E-state index contributed by atoms with van der Waals surface area (Å²) in [6.45, 7) is 0.846. The van der Waals surface area contributed by atoms with Crippen molar-refractivity contribution >= 4 is 0 Å². The van der Waals surface area contributed by atoms with Crippen LogP contribution in [-0.4, -0.2) is 23.8 Å². The molecule has 1 aromatic heterocycles. The zero-order chi connectivity index (χ0) is 13.8. The molecule has 1 heterocycles. The monoisotopic (exact) mass is 273 g/mol. The number of ether oxygens (including phenoxy) is 1. The van der Waals surface area contributed by atoms with Crippen LogP contribution in [0.25, 0.3) is 0 Å². The van der Waals surface area contributed by atoms with E-state index in [1.54, 1.807) is 7.11 Å². The maximum atomic E-state index is 5.30. The van der Waals surface area contributed by atoms with E-state index in [0.29, 0.717) is 11.9 Å². The highest BCUT2D eigenvalue weighted by Crippen LogP contribution is 2.32. The predicted molar refractivity (Wildman–Crippen MR) is 74.7 cm³/mol. The van der Waals surface area contributed by atoms with E-state index in [1.165, 1.54) is 30.3 Å². The normalized spacial score (nSPS) is 17.8. The van der Waals surface area contributed by atoms with Gasteiger partial charge in [-0.05, 0) is 42.5 Å². The second-order valence-electron chi connectivity index (χ2n) is 5.05. The minimum atomic E-state index is 0.410. The third-order valence-corrected chi connectivity index (χ3v) is 3.80. The van der Waals surface area contributed by atoms with Crippen molar-refractivity contribution in [1.29, 1.82) is 0 Å². The van der Waals surface area contributed by atoms with Crippen molar-refractivity contribution in [2.75, 3.05) is 13.7 Å². The summed E-state index contributed by atoms with van der Waals surface area (Å²) in [6.07, 6.45) is 5.72. The molecular weight excluding hydrogens is 254 g/mol. The molecule has 0 saturated heterocycles. The summed E-state index contributed by atoms with van der Waals surface area (Å²) in [7, 11) is 1.71. The average molecular weight is 273 g/mol. The van der Waals surface area contributed by atoms with Crippen molar-refractivity contribution < 1.29 is 9.26 Å². The highest BCUT2D eigenvalue weighted by molar-refractivity contribution is 5.39. The van der Waals surface area contributed by atoms with E-state index in [4.69, 9.17) is 9.26 Å². The fraction of sp³-hybridized carbons (Fsp3) is 0.467.